The molecule has 3 aromatic rings. The SMILES string of the molecule is C#Cc1cccc(N(Cc2ccco2)C(=O)COc2ccc3c(c2)CCC(=O)N3)c1. The first-order valence-corrected chi connectivity index (χ1v) is 9.57. The minimum Gasteiger partial charge on any atom is -0.484 e. The van der Waals surface area contributed by atoms with Crippen molar-refractivity contribution in [3.63, 3.8) is 0 Å². The molecule has 0 aliphatic carbocycles. The highest BCUT2D eigenvalue weighted by molar-refractivity contribution is 5.95. The average Bonchev–Trinajstić information content (AvgIpc) is 3.29. The lowest BCUT2D eigenvalue weighted by Gasteiger charge is -2.23. The van der Waals surface area contributed by atoms with E-state index in [-0.39, 0.29) is 25.0 Å². The number of nitrogens with zero attached hydrogens (tertiary/aromatic N) is 1. The van der Waals surface area contributed by atoms with E-state index < -0.39 is 0 Å². The van der Waals surface area contributed by atoms with Crippen molar-refractivity contribution in [3.05, 3.63) is 77.7 Å². The number of aryl methyl sites for hydroxylation is 1. The van der Waals surface area contributed by atoms with Gasteiger partial charge in [-0.15, -0.1) is 6.42 Å². The summed E-state index contributed by atoms with van der Waals surface area (Å²) in [6.07, 6.45) is 8.17. The molecule has 2 amide bonds. The van der Waals surface area contributed by atoms with Crippen LogP contribution in [-0.2, 0) is 22.6 Å². The number of rotatable bonds is 6. The Morgan fingerprint density at radius 3 is 2.87 bits per heavy atom. The van der Waals surface area contributed by atoms with Crippen LogP contribution in [0.25, 0.3) is 0 Å². The summed E-state index contributed by atoms with van der Waals surface area (Å²) < 4.78 is 11.2. The highest BCUT2D eigenvalue weighted by Crippen LogP contribution is 2.27. The van der Waals surface area contributed by atoms with E-state index in [4.69, 9.17) is 15.6 Å². The van der Waals surface area contributed by atoms with Crippen molar-refractivity contribution in [2.75, 3.05) is 16.8 Å². The van der Waals surface area contributed by atoms with Crippen LogP contribution in [0, 0.1) is 12.3 Å². The summed E-state index contributed by atoms with van der Waals surface area (Å²) in [5, 5.41) is 2.83. The van der Waals surface area contributed by atoms with E-state index in [1.807, 2.05) is 24.3 Å². The summed E-state index contributed by atoms with van der Waals surface area (Å²) in [5.74, 6) is 3.60. The third kappa shape index (κ3) is 4.36. The first kappa shape index (κ1) is 19.3. The Kier molecular flexibility index (Phi) is 5.53. The summed E-state index contributed by atoms with van der Waals surface area (Å²) in [6.45, 7) is 0.117. The minimum atomic E-state index is -0.230. The van der Waals surface area contributed by atoms with Crippen molar-refractivity contribution in [3.8, 4) is 18.1 Å². The van der Waals surface area contributed by atoms with Gasteiger partial charge in [0.25, 0.3) is 5.91 Å². The zero-order valence-electron chi connectivity index (χ0n) is 16.3. The number of hydrogen-bond donors (Lipinski definition) is 1. The Bertz CT molecular complexity index is 1110. The number of carbonyl (C=O) groups excluding carboxylic acids is 2. The first-order chi connectivity index (χ1) is 14.6. The molecule has 2 heterocycles. The lowest BCUT2D eigenvalue weighted by atomic mass is 10.0. The molecule has 0 saturated heterocycles. The molecule has 30 heavy (non-hydrogen) atoms. The van der Waals surface area contributed by atoms with E-state index in [9.17, 15) is 9.59 Å². The average molecular weight is 400 g/mol. The third-order valence-corrected chi connectivity index (χ3v) is 4.85. The Hall–Kier alpha value is -3.98. The van der Waals surface area contributed by atoms with Gasteiger partial charge in [-0.2, -0.15) is 0 Å². The van der Waals surface area contributed by atoms with Crippen LogP contribution < -0.4 is 15.0 Å². The topological polar surface area (TPSA) is 71.8 Å². The molecule has 0 atom stereocenters. The van der Waals surface area contributed by atoms with Crippen LogP contribution in [0.3, 0.4) is 0 Å². The molecular formula is C24H20N2O4. The van der Waals surface area contributed by atoms with Crippen molar-refractivity contribution in [1.82, 2.24) is 0 Å². The number of terminal acetylenes is 1. The van der Waals surface area contributed by atoms with Crippen molar-refractivity contribution >= 4 is 23.2 Å². The standard InChI is InChI=1S/C24H20N2O4/c1-2-17-5-3-6-19(13-17)26(15-21-7-4-12-29-21)24(28)16-30-20-9-10-22-18(14-20)8-11-23(27)25-22/h1,3-7,9-10,12-14H,8,11,15-16H2,(H,25,27). The molecule has 0 saturated carbocycles. The number of ether oxygens (including phenoxy) is 1. The van der Waals surface area contributed by atoms with Crippen molar-refractivity contribution in [1.29, 1.82) is 0 Å². The summed E-state index contributed by atoms with van der Waals surface area (Å²) in [5.41, 5.74) is 3.13. The van der Waals surface area contributed by atoms with Gasteiger partial charge in [-0.3, -0.25) is 9.59 Å². The second kappa shape index (κ2) is 8.58. The molecule has 2 aromatic carbocycles. The van der Waals surface area contributed by atoms with Gasteiger partial charge in [0.2, 0.25) is 5.91 Å². The Balaban J connectivity index is 1.50. The smallest absolute Gasteiger partial charge is 0.265 e. The molecule has 0 fully saturated rings. The summed E-state index contributed by atoms with van der Waals surface area (Å²) >= 11 is 0. The van der Waals surface area contributed by atoms with Crippen LogP contribution in [0.15, 0.2) is 65.3 Å². The van der Waals surface area contributed by atoms with Crippen LogP contribution in [0.5, 0.6) is 5.75 Å². The van der Waals surface area contributed by atoms with E-state index >= 15 is 0 Å². The van der Waals surface area contributed by atoms with Gasteiger partial charge < -0.3 is 19.4 Å². The maximum atomic E-state index is 13.0. The number of nitrogens with one attached hydrogen (secondary N) is 1. The molecule has 4 rings (SSSR count). The number of amides is 2. The number of hydrogen-bond acceptors (Lipinski definition) is 4. The molecule has 0 spiro atoms. The Morgan fingerprint density at radius 2 is 2.07 bits per heavy atom. The molecule has 150 valence electrons. The first-order valence-electron chi connectivity index (χ1n) is 9.57. The van der Waals surface area contributed by atoms with Crippen molar-refractivity contribution in [2.24, 2.45) is 0 Å². The maximum absolute atomic E-state index is 13.0. The van der Waals surface area contributed by atoms with Crippen LogP contribution in [0.2, 0.25) is 0 Å². The fourth-order valence-corrected chi connectivity index (χ4v) is 3.32. The number of benzene rings is 2. The van der Waals surface area contributed by atoms with Crippen LogP contribution in [0.4, 0.5) is 11.4 Å². The monoisotopic (exact) mass is 400 g/mol. The lowest BCUT2D eigenvalue weighted by molar-refractivity contribution is -0.120. The van der Waals surface area contributed by atoms with E-state index in [0.29, 0.717) is 35.6 Å². The van der Waals surface area contributed by atoms with Crippen molar-refractivity contribution in [2.45, 2.75) is 19.4 Å². The summed E-state index contributed by atoms with van der Waals surface area (Å²) in [6, 6.07) is 16.2. The van der Waals surface area contributed by atoms with Gasteiger partial charge >= 0.3 is 0 Å². The molecule has 0 radical (unpaired) electrons. The Labute approximate surface area is 174 Å². The molecule has 1 aromatic heterocycles. The molecule has 0 unspecified atom stereocenters. The van der Waals surface area contributed by atoms with Crippen molar-refractivity contribution < 1.29 is 18.7 Å². The lowest BCUT2D eigenvalue weighted by Crippen LogP contribution is -2.34. The van der Waals surface area contributed by atoms with Crippen LogP contribution in [-0.4, -0.2) is 18.4 Å². The number of furan rings is 1. The minimum absolute atomic E-state index is 0.00844. The number of fused-ring (bicyclic) bond motifs is 1. The zero-order chi connectivity index (χ0) is 20.9. The quantitative estimate of drug-likeness (QED) is 0.640. The largest absolute Gasteiger partial charge is 0.484 e. The molecular weight excluding hydrogens is 380 g/mol. The van der Waals surface area contributed by atoms with Gasteiger partial charge in [-0.25, -0.2) is 0 Å². The van der Waals surface area contributed by atoms with Gasteiger partial charge in [-0.05, 0) is 60.5 Å². The highest BCUT2D eigenvalue weighted by atomic mass is 16.5. The van der Waals surface area contributed by atoms with Crippen LogP contribution in [0.1, 0.15) is 23.3 Å². The zero-order valence-corrected chi connectivity index (χ0v) is 16.3. The van der Waals surface area contributed by atoms with E-state index in [1.54, 1.807) is 41.5 Å². The van der Waals surface area contributed by atoms with Crippen LogP contribution >= 0.6 is 0 Å². The van der Waals surface area contributed by atoms with Gasteiger partial charge in [0.15, 0.2) is 6.61 Å². The predicted molar refractivity (Wildman–Crippen MR) is 113 cm³/mol. The summed E-state index contributed by atoms with van der Waals surface area (Å²) in [7, 11) is 0. The third-order valence-electron chi connectivity index (χ3n) is 4.85. The van der Waals surface area contributed by atoms with E-state index in [2.05, 4.69) is 11.2 Å². The second-order valence-electron chi connectivity index (χ2n) is 6.91. The number of anilines is 2. The van der Waals surface area contributed by atoms with Gasteiger partial charge in [0.05, 0.1) is 12.8 Å². The van der Waals surface area contributed by atoms with Gasteiger partial charge in [-0.1, -0.05) is 12.0 Å². The van der Waals surface area contributed by atoms with E-state index in [0.717, 1.165) is 11.3 Å². The fourth-order valence-electron chi connectivity index (χ4n) is 3.32. The van der Waals surface area contributed by atoms with Gasteiger partial charge in [0, 0.05) is 23.4 Å². The molecule has 1 aliphatic heterocycles. The molecule has 1 aliphatic rings. The van der Waals surface area contributed by atoms with E-state index in [1.165, 1.54) is 0 Å². The second-order valence-corrected chi connectivity index (χ2v) is 6.91. The molecule has 0 bridgehead atoms. The molecule has 1 N–H and O–H groups in total. The highest BCUT2D eigenvalue weighted by Gasteiger charge is 2.20. The predicted octanol–water partition coefficient (Wildman–Crippen LogP) is 3.76. The van der Waals surface area contributed by atoms with Gasteiger partial charge in [0.1, 0.15) is 11.5 Å². The number of carbonyl (C=O) groups is 2. The molecule has 6 heteroatoms. The maximum Gasteiger partial charge on any atom is 0.265 e. The summed E-state index contributed by atoms with van der Waals surface area (Å²) in [4.78, 5) is 26.1. The normalized spacial score (nSPS) is 12.4. The molecule has 6 nitrogen and oxygen atoms in total. The fraction of sp³-hybridized carbons (Fsp3) is 0.167. The Morgan fingerprint density at radius 1 is 1.17 bits per heavy atom.